The first-order valence-corrected chi connectivity index (χ1v) is 10.2. The minimum atomic E-state index is 0.280. The lowest BCUT2D eigenvalue weighted by Crippen LogP contribution is -2.48. The number of hydrogen-bond acceptors (Lipinski definition) is 6. The number of nitrogens with zero attached hydrogens (tertiary/aromatic N) is 4. The number of rotatable bonds is 9. The Balaban J connectivity index is 1.87. The minimum Gasteiger partial charge on any atom is -0.379 e. The molecule has 1 fully saturated rings. The molecule has 0 aromatic carbocycles. The van der Waals surface area contributed by atoms with E-state index in [1.807, 2.05) is 0 Å². The van der Waals surface area contributed by atoms with Crippen LogP contribution in [0.25, 0.3) is 0 Å². The quantitative estimate of drug-likeness (QED) is 0.497. The third-order valence-electron chi connectivity index (χ3n) is 4.70. The minimum absolute atomic E-state index is 0.280. The van der Waals surface area contributed by atoms with Gasteiger partial charge >= 0.3 is 0 Å². The Morgan fingerprint density at radius 1 is 1.19 bits per heavy atom. The van der Waals surface area contributed by atoms with E-state index in [4.69, 9.17) is 14.3 Å². The van der Waals surface area contributed by atoms with Crippen LogP contribution in [0.4, 0.5) is 0 Å². The maximum absolute atomic E-state index is 5.48. The molecule has 2 heterocycles. The topological polar surface area (TPSA) is 87.8 Å². The van der Waals surface area contributed by atoms with Gasteiger partial charge in [0.1, 0.15) is 0 Å². The summed E-state index contributed by atoms with van der Waals surface area (Å²) in [7, 11) is 0. The molecular formula is C19H36N6O2. The Morgan fingerprint density at radius 2 is 1.93 bits per heavy atom. The van der Waals surface area contributed by atoms with Crippen molar-refractivity contribution in [1.82, 2.24) is 25.7 Å². The van der Waals surface area contributed by atoms with Gasteiger partial charge in [-0.15, -0.1) is 0 Å². The van der Waals surface area contributed by atoms with Crippen molar-refractivity contribution in [3.05, 3.63) is 11.7 Å². The van der Waals surface area contributed by atoms with Crippen molar-refractivity contribution in [2.24, 2.45) is 10.9 Å². The molecular weight excluding hydrogens is 344 g/mol. The standard InChI is InChI=1S/C19H36N6O2/c1-6-20-19(21-8-7-17-23-18(15(4)5)24-27-17)22-13-16(14(2)3)25-9-11-26-12-10-25/h14-16H,6-13H2,1-5H3,(H2,20,21,22). The second kappa shape index (κ2) is 11.2. The molecule has 8 nitrogen and oxygen atoms in total. The first-order chi connectivity index (χ1) is 13.0. The predicted octanol–water partition coefficient (Wildman–Crippen LogP) is 1.65. The number of aliphatic imine (C=N–C) groups is 1. The molecule has 0 amide bonds. The SMILES string of the molecule is CCNC(=NCC(C(C)C)N1CCOCC1)NCCc1nc(C(C)C)no1. The molecule has 0 spiro atoms. The van der Waals surface area contributed by atoms with Crippen molar-refractivity contribution in [1.29, 1.82) is 0 Å². The Morgan fingerprint density at radius 3 is 2.52 bits per heavy atom. The van der Waals surface area contributed by atoms with Gasteiger partial charge in [-0.2, -0.15) is 4.98 Å². The summed E-state index contributed by atoms with van der Waals surface area (Å²) in [6.07, 6.45) is 0.682. The maximum atomic E-state index is 5.48. The number of hydrogen-bond donors (Lipinski definition) is 2. The fourth-order valence-electron chi connectivity index (χ4n) is 3.08. The zero-order chi connectivity index (χ0) is 19.6. The van der Waals surface area contributed by atoms with E-state index in [9.17, 15) is 0 Å². The monoisotopic (exact) mass is 380 g/mol. The summed E-state index contributed by atoms with van der Waals surface area (Å²) in [5.41, 5.74) is 0. The lowest BCUT2D eigenvalue weighted by atomic mass is 10.0. The number of guanidine groups is 1. The van der Waals surface area contributed by atoms with Crippen molar-refractivity contribution in [3.63, 3.8) is 0 Å². The third kappa shape index (κ3) is 7.10. The second-order valence-corrected chi connectivity index (χ2v) is 7.56. The van der Waals surface area contributed by atoms with Crippen molar-refractivity contribution in [2.75, 3.05) is 45.9 Å². The zero-order valence-corrected chi connectivity index (χ0v) is 17.5. The van der Waals surface area contributed by atoms with Gasteiger partial charge in [-0.1, -0.05) is 32.9 Å². The van der Waals surface area contributed by atoms with Crippen LogP contribution in [0.15, 0.2) is 9.52 Å². The van der Waals surface area contributed by atoms with Crippen LogP contribution >= 0.6 is 0 Å². The van der Waals surface area contributed by atoms with Crippen LogP contribution in [0.3, 0.4) is 0 Å². The van der Waals surface area contributed by atoms with Crippen LogP contribution in [-0.2, 0) is 11.2 Å². The predicted molar refractivity (Wildman–Crippen MR) is 107 cm³/mol. The third-order valence-corrected chi connectivity index (χ3v) is 4.70. The number of aromatic nitrogens is 2. The summed E-state index contributed by atoms with van der Waals surface area (Å²) < 4.78 is 10.8. The first kappa shape index (κ1) is 21.6. The Labute approximate surface area is 163 Å². The molecule has 1 aromatic rings. The van der Waals surface area contributed by atoms with Crippen LogP contribution in [0.5, 0.6) is 0 Å². The molecule has 8 heteroatoms. The van der Waals surface area contributed by atoms with Crippen LogP contribution in [0.2, 0.25) is 0 Å². The van der Waals surface area contributed by atoms with Gasteiger partial charge in [0.2, 0.25) is 5.89 Å². The summed E-state index contributed by atoms with van der Waals surface area (Å²) in [6, 6.07) is 0.425. The molecule has 2 rings (SSSR count). The van der Waals surface area contributed by atoms with Gasteiger partial charge in [0.05, 0.1) is 19.8 Å². The molecule has 1 aliphatic heterocycles. The second-order valence-electron chi connectivity index (χ2n) is 7.56. The molecule has 0 aliphatic carbocycles. The van der Waals surface area contributed by atoms with Crippen LogP contribution in [0, 0.1) is 5.92 Å². The first-order valence-electron chi connectivity index (χ1n) is 10.2. The maximum Gasteiger partial charge on any atom is 0.228 e. The van der Waals surface area contributed by atoms with Crippen molar-refractivity contribution in [3.8, 4) is 0 Å². The Kier molecular flexibility index (Phi) is 9.00. The number of morpholine rings is 1. The van der Waals surface area contributed by atoms with Crippen LogP contribution < -0.4 is 10.6 Å². The normalized spacial score (nSPS) is 17.5. The van der Waals surface area contributed by atoms with E-state index in [1.54, 1.807) is 0 Å². The molecule has 2 N–H and O–H groups in total. The Bertz CT molecular complexity index is 566. The van der Waals surface area contributed by atoms with Gasteiger partial charge in [-0.3, -0.25) is 9.89 Å². The summed E-state index contributed by atoms with van der Waals surface area (Å²) in [6.45, 7) is 16.6. The molecule has 1 aromatic heterocycles. The highest BCUT2D eigenvalue weighted by Crippen LogP contribution is 2.13. The molecule has 1 atom stereocenters. The fourth-order valence-corrected chi connectivity index (χ4v) is 3.08. The van der Waals surface area contributed by atoms with Crippen molar-refractivity contribution in [2.45, 2.75) is 53.0 Å². The zero-order valence-electron chi connectivity index (χ0n) is 17.5. The highest BCUT2D eigenvalue weighted by molar-refractivity contribution is 5.79. The van der Waals surface area contributed by atoms with E-state index < -0.39 is 0 Å². The van der Waals surface area contributed by atoms with E-state index in [-0.39, 0.29) is 5.92 Å². The smallest absolute Gasteiger partial charge is 0.228 e. The Hall–Kier alpha value is -1.67. The van der Waals surface area contributed by atoms with Gasteiger partial charge < -0.3 is 19.9 Å². The van der Waals surface area contributed by atoms with Gasteiger partial charge in [0.25, 0.3) is 0 Å². The molecule has 1 unspecified atom stereocenters. The highest BCUT2D eigenvalue weighted by atomic mass is 16.5. The average Bonchev–Trinajstić information content (AvgIpc) is 3.12. The molecule has 1 aliphatic rings. The van der Waals surface area contributed by atoms with E-state index in [2.05, 4.69) is 60.3 Å². The molecule has 1 saturated heterocycles. The summed E-state index contributed by atoms with van der Waals surface area (Å²) in [4.78, 5) is 11.7. The van der Waals surface area contributed by atoms with Gasteiger partial charge in [0.15, 0.2) is 11.8 Å². The van der Waals surface area contributed by atoms with Crippen molar-refractivity contribution < 1.29 is 9.26 Å². The molecule has 0 bridgehead atoms. The average molecular weight is 381 g/mol. The van der Waals surface area contributed by atoms with E-state index in [0.717, 1.165) is 51.2 Å². The fraction of sp³-hybridized carbons (Fsp3) is 0.842. The van der Waals surface area contributed by atoms with Crippen molar-refractivity contribution >= 4 is 5.96 Å². The summed E-state index contributed by atoms with van der Waals surface area (Å²) in [5.74, 6) is 3.08. The van der Waals surface area contributed by atoms with Gasteiger partial charge in [0, 0.05) is 44.6 Å². The number of nitrogens with one attached hydrogen (secondary N) is 2. The van der Waals surface area contributed by atoms with Gasteiger partial charge in [-0.05, 0) is 12.8 Å². The van der Waals surface area contributed by atoms with Crippen LogP contribution in [-0.4, -0.2) is 73.0 Å². The van der Waals surface area contributed by atoms with E-state index in [0.29, 0.717) is 30.8 Å². The summed E-state index contributed by atoms with van der Waals surface area (Å²) >= 11 is 0. The van der Waals surface area contributed by atoms with Gasteiger partial charge in [-0.25, -0.2) is 0 Å². The lowest BCUT2D eigenvalue weighted by Gasteiger charge is -2.36. The molecule has 0 radical (unpaired) electrons. The summed E-state index contributed by atoms with van der Waals surface area (Å²) in [5, 5.41) is 10.7. The largest absolute Gasteiger partial charge is 0.379 e. The van der Waals surface area contributed by atoms with E-state index in [1.165, 1.54) is 0 Å². The number of ether oxygens (including phenoxy) is 1. The van der Waals surface area contributed by atoms with Crippen LogP contribution in [0.1, 0.15) is 52.3 Å². The highest BCUT2D eigenvalue weighted by Gasteiger charge is 2.23. The van der Waals surface area contributed by atoms with E-state index >= 15 is 0 Å². The lowest BCUT2D eigenvalue weighted by molar-refractivity contribution is 0.00867. The molecule has 154 valence electrons. The molecule has 0 saturated carbocycles. The molecule has 27 heavy (non-hydrogen) atoms.